The first kappa shape index (κ1) is 11.2. The topological polar surface area (TPSA) is 63.1 Å². The Morgan fingerprint density at radius 3 is 2.57 bits per heavy atom. The molecular formula is C7H5Cl3N4. The van der Waals surface area contributed by atoms with Gasteiger partial charge in [0.1, 0.15) is 16.6 Å². The average Bonchev–Trinajstić information content (AvgIpc) is 2.09. The molecule has 4 nitrogen and oxygen atoms in total. The molecular weight excluding hydrogens is 246 g/mol. The smallest absolute Gasteiger partial charge is 0.224 e. The fourth-order valence-corrected chi connectivity index (χ4v) is 1.34. The SMILES string of the molecule is C=C/N=C1/C(Cl)=NC(Cl)=N/C1=C(/N)Cl. The molecule has 0 aromatic heterocycles. The largest absolute Gasteiger partial charge is 0.388 e. The number of allylic oxidation sites excluding steroid dienone is 1. The fraction of sp³-hybridized carbons (Fsp3) is 0. The van der Waals surface area contributed by atoms with Gasteiger partial charge in [0, 0.05) is 6.20 Å². The van der Waals surface area contributed by atoms with Gasteiger partial charge in [0.05, 0.1) is 0 Å². The summed E-state index contributed by atoms with van der Waals surface area (Å²) in [6, 6.07) is 0. The van der Waals surface area contributed by atoms with Gasteiger partial charge in [-0.3, -0.25) is 4.99 Å². The zero-order chi connectivity index (χ0) is 10.7. The van der Waals surface area contributed by atoms with Gasteiger partial charge in [-0.2, -0.15) is 0 Å². The molecule has 14 heavy (non-hydrogen) atoms. The van der Waals surface area contributed by atoms with E-state index in [0.29, 0.717) is 0 Å². The third kappa shape index (κ3) is 2.35. The Morgan fingerprint density at radius 1 is 1.43 bits per heavy atom. The van der Waals surface area contributed by atoms with Crippen LogP contribution in [0.2, 0.25) is 0 Å². The third-order valence-corrected chi connectivity index (χ3v) is 1.87. The Morgan fingerprint density at radius 2 is 2.07 bits per heavy atom. The minimum Gasteiger partial charge on any atom is -0.388 e. The van der Waals surface area contributed by atoms with E-state index < -0.39 is 0 Å². The van der Waals surface area contributed by atoms with Gasteiger partial charge in [-0.1, -0.05) is 29.8 Å². The number of nitrogens with two attached hydrogens (primary N) is 1. The van der Waals surface area contributed by atoms with Crippen molar-refractivity contribution in [3.63, 3.8) is 0 Å². The van der Waals surface area contributed by atoms with Crippen LogP contribution in [0.3, 0.4) is 0 Å². The Kier molecular flexibility index (Phi) is 3.69. The van der Waals surface area contributed by atoms with Crippen LogP contribution in [-0.4, -0.2) is 16.2 Å². The number of amidine groups is 1. The van der Waals surface area contributed by atoms with E-state index in [4.69, 9.17) is 40.5 Å². The lowest BCUT2D eigenvalue weighted by atomic mass is 10.3. The zero-order valence-electron chi connectivity index (χ0n) is 6.84. The van der Waals surface area contributed by atoms with Crippen LogP contribution in [0.1, 0.15) is 0 Å². The molecule has 0 aromatic rings. The van der Waals surface area contributed by atoms with Crippen molar-refractivity contribution in [2.24, 2.45) is 20.7 Å². The van der Waals surface area contributed by atoms with Gasteiger partial charge in [-0.05, 0) is 11.6 Å². The summed E-state index contributed by atoms with van der Waals surface area (Å²) < 4.78 is 0. The Hall–Kier alpha value is -0.840. The molecule has 0 atom stereocenters. The predicted molar refractivity (Wildman–Crippen MR) is 61.3 cm³/mol. The van der Waals surface area contributed by atoms with Crippen molar-refractivity contribution >= 4 is 51.0 Å². The van der Waals surface area contributed by atoms with Gasteiger partial charge < -0.3 is 5.73 Å². The molecule has 0 saturated carbocycles. The zero-order valence-corrected chi connectivity index (χ0v) is 9.11. The van der Waals surface area contributed by atoms with E-state index in [-0.39, 0.29) is 27.0 Å². The molecule has 1 rings (SSSR count). The van der Waals surface area contributed by atoms with Crippen molar-refractivity contribution in [1.29, 1.82) is 0 Å². The maximum atomic E-state index is 5.75. The molecule has 0 amide bonds. The molecule has 0 spiro atoms. The van der Waals surface area contributed by atoms with Crippen LogP contribution in [0, 0.1) is 0 Å². The maximum absolute atomic E-state index is 5.75. The molecule has 1 aliphatic heterocycles. The molecule has 7 heteroatoms. The van der Waals surface area contributed by atoms with E-state index in [2.05, 4.69) is 21.6 Å². The highest BCUT2D eigenvalue weighted by atomic mass is 35.5. The molecule has 74 valence electrons. The van der Waals surface area contributed by atoms with Crippen molar-refractivity contribution in [2.45, 2.75) is 0 Å². The van der Waals surface area contributed by atoms with Gasteiger partial charge in [-0.25, -0.2) is 9.98 Å². The normalized spacial score (nSPS) is 22.9. The number of rotatable bonds is 1. The van der Waals surface area contributed by atoms with Crippen molar-refractivity contribution < 1.29 is 0 Å². The molecule has 1 heterocycles. The van der Waals surface area contributed by atoms with E-state index in [1.165, 1.54) is 6.20 Å². The van der Waals surface area contributed by atoms with Crippen molar-refractivity contribution in [1.82, 2.24) is 0 Å². The summed E-state index contributed by atoms with van der Waals surface area (Å²) in [4.78, 5) is 11.3. The second kappa shape index (κ2) is 4.59. The lowest BCUT2D eigenvalue weighted by molar-refractivity contribution is 1.34. The Balaban J connectivity index is 3.31. The van der Waals surface area contributed by atoms with Crippen molar-refractivity contribution in [2.75, 3.05) is 0 Å². The van der Waals surface area contributed by atoms with Crippen molar-refractivity contribution in [3.8, 4) is 0 Å². The van der Waals surface area contributed by atoms with E-state index >= 15 is 0 Å². The molecule has 0 aromatic carbocycles. The minimum atomic E-state index is -0.0585. The van der Waals surface area contributed by atoms with Gasteiger partial charge >= 0.3 is 0 Å². The molecule has 0 fully saturated rings. The minimum absolute atomic E-state index is 0.0448. The first-order chi connectivity index (χ1) is 6.56. The molecule has 0 aliphatic carbocycles. The van der Waals surface area contributed by atoms with Crippen LogP contribution in [0.15, 0.2) is 38.6 Å². The molecule has 2 N–H and O–H groups in total. The number of nitrogens with zero attached hydrogens (tertiary/aromatic N) is 3. The summed E-state index contributed by atoms with van der Waals surface area (Å²) in [5, 5.41) is -0.0306. The van der Waals surface area contributed by atoms with E-state index in [0.717, 1.165) is 0 Å². The summed E-state index contributed by atoms with van der Waals surface area (Å²) in [6.45, 7) is 3.41. The molecule has 0 bridgehead atoms. The quantitative estimate of drug-likeness (QED) is 0.713. The molecule has 0 saturated heterocycles. The molecule has 1 aliphatic rings. The van der Waals surface area contributed by atoms with Crippen molar-refractivity contribution in [3.05, 3.63) is 23.6 Å². The number of halogens is 3. The second-order valence-electron chi connectivity index (χ2n) is 2.14. The highest BCUT2D eigenvalue weighted by Crippen LogP contribution is 2.17. The van der Waals surface area contributed by atoms with Gasteiger partial charge in [0.15, 0.2) is 5.17 Å². The monoisotopic (exact) mass is 250 g/mol. The molecule has 0 radical (unpaired) electrons. The van der Waals surface area contributed by atoms with Gasteiger partial charge in [0.25, 0.3) is 0 Å². The Labute approximate surface area is 95.5 Å². The number of hydrogen-bond donors (Lipinski definition) is 1. The standard InChI is InChI=1S/C7H5Cl3N4/c1-2-12-4-3(5(8)11)13-7(10)14-6(4)9/h2H,1,11H2/b5-3+,12-4+. The van der Waals surface area contributed by atoms with Crippen LogP contribution < -0.4 is 5.73 Å². The van der Waals surface area contributed by atoms with Crippen LogP contribution in [0.4, 0.5) is 0 Å². The van der Waals surface area contributed by atoms with Crippen LogP contribution in [0.5, 0.6) is 0 Å². The number of hydrogen-bond acceptors (Lipinski definition) is 4. The number of aliphatic imine (C=N–C) groups is 3. The second-order valence-corrected chi connectivity index (χ2v) is 3.24. The van der Waals surface area contributed by atoms with Crippen LogP contribution >= 0.6 is 34.8 Å². The summed E-state index contributed by atoms with van der Waals surface area (Å²) in [5.74, 6) is 0. The summed E-state index contributed by atoms with van der Waals surface area (Å²) in [5.41, 5.74) is 5.80. The third-order valence-electron chi connectivity index (χ3n) is 1.26. The first-order valence-corrected chi connectivity index (χ1v) is 4.52. The molecule has 0 unspecified atom stereocenters. The lowest BCUT2D eigenvalue weighted by Crippen LogP contribution is -2.18. The fourth-order valence-electron chi connectivity index (χ4n) is 0.774. The van der Waals surface area contributed by atoms with Crippen LogP contribution in [0.25, 0.3) is 0 Å². The lowest BCUT2D eigenvalue weighted by Gasteiger charge is -2.09. The van der Waals surface area contributed by atoms with Gasteiger partial charge in [-0.15, -0.1) is 0 Å². The maximum Gasteiger partial charge on any atom is 0.224 e. The predicted octanol–water partition coefficient (Wildman–Crippen LogP) is 2.18. The Bertz CT molecular complexity index is 388. The van der Waals surface area contributed by atoms with E-state index in [1.54, 1.807) is 0 Å². The highest BCUT2D eigenvalue weighted by molar-refractivity contribution is 6.88. The van der Waals surface area contributed by atoms with Crippen LogP contribution in [-0.2, 0) is 0 Å². The summed E-state index contributed by atoms with van der Waals surface area (Å²) >= 11 is 16.9. The van der Waals surface area contributed by atoms with E-state index in [9.17, 15) is 0 Å². The van der Waals surface area contributed by atoms with E-state index in [1.807, 2.05) is 0 Å². The summed E-state index contributed by atoms with van der Waals surface area (Å²) in [7, 11) is 0. The average molecular weight is 252 g/mol. The summed E-state index contributed by atoms with van der Waals surface area (Å²) in [6.07, 6.45) is 1.28. The highest BCUT2D eigenvalue weighted by Gasteiger charge is 2.20. The van der Waals surface area contributed by atoms with Gasteiger partial charge in [0.2, 0.25) is 5.29 Å². The first-order valence-electron chi connectivity index (χ1n) is 3.39.